The van der Waals surface area contributed by atoms with Crippen LogP contribution in [-0.2, 0) is 4.79 Å². The van der Waals surface area contributed by atoms with Gasteiger partial charge in [-0.05, 0) is 43.3 Å². The number of hydrogen-bond donors (Lipinski definition) is 0. The number of imide groups is 1. The van der Waals surface area contributed by atoms with E-state index in [4.69, 9.17) is 4.42 Å². The van der Waals surface area contributed by atoms with Crippen molar-refractivity contribution < 1.29 is 18.8 Å². The molecule has 28 heavy (non-hydrogen) atoms. The number of amides is 3. The van der Waals surface area contributed by atoms with Gasteiger partial charge in [-0.3, -0.25) is 24.2 Å². The highest BCUT2D eigenvalue weighted by atomic mass is 16.3. The zero-order chi connectivity index (χ0) is 19.7. The molecule has 1 atom stereocenters. The van der Waals surface area contributed by atoms with Gasteiger partial charge in [0.15, 0.2) is 0 Å². The lowest BCUT2D eigenvalue weighted by Crippen LogP contribution is -2.44. The van der Waals surface area contributed by atoms with E-state index >= 15 is 0 Å². The van der Waals surface area contributed by atoms with E-state index in [1.165, 1.54) is 11.2 Å². The topological polar surface area (TPSA) is 83.7 Å². The van der Waals surface area contributed by atoms with Crippen LogP contribution in [0.1, 0.15) is 39.4 Å². The molecular formula is C21H17N3O4. The van der Waals surface area contributed by atoms with E-state index in [0.29, 0.717) is 22.7 Å². The van der Waals surface area contributed by atoms with Crippen molar-refractivity contribution >= 4 is 23.5 Å². The second-order valence-corrected chi connectivity index (χ2v) is 6.39. The molecule has 7 nitrogen and oxygen atoms in total. The van der Waals surface area contributed by atoms with Crippen LogP contribution >= 0.6 is 0 Å². The Balaban J connectivity index is 1.64. The van der Waals surface area contributed by atoms with Crippen LogP contribution in [-0.4, -0.2) is 34.2 Å². The third-order valence-corrected chi connectivity index (χ3v) is 4.68. The number of rotatable bonds is 5. The van der Waals surface area contributed by atoms with E-state index in [2.05, 4.69) is 4.98 Å². The van der Waals surface area contributed by atoms with Crippen LogP contribution in [0.4, 0.5) is 5.82 Å². The maximum absolute atomic E-state index is 13.2. The Bertz CT molecular complexity index is 996. The minimum atomic E-state index is -0.472. The summed E-state index contributed by atoms with van der Waals surface area (Å²) in [5, 5.41) is 0. The molecule has 3 aromatic rings. The van der Waals surface area contributed by atoms with Crippen LogP contribution in [0.3, 0.4) is 0 Å². The fourth-order valence-corrected chi connectivity index (χ4v) is 3.29. The summed E-state index contributed by atoms with van der Waals surface area (Å²) in [6.07, 6.45) is 3.10. The highest BCUT2D eigenvalue weighted by Gasteiger charge is 2.38. The SMILES string of the molecule is C[C@H](c1ccco1)N(C(=O)CN1C(=O)c2ccccc2C1=O)c1ccccn1. The van der Waals surface area contributed by atoms with Gasteiger partial charge >= 0.3 is 0 Å². The Kier molecular flexibility index (Phi) is 4.49. The number of benzene rings is 1. The first-order chi connectivity index (χ1) is 13.6. The molecule has 2 aromatic heterocycles. The number of anilines is 1. The van der Waals surface area contributed by atoms with Gasteiger partial charge in [0, 0.05) is 6.20 Å². The van der Waals surface area contributed by atoms with Crippen molar-refractivity contribution in [1.29, 1.82) is 0 Å². The summed E-state index contributed by atoms with van der Waals surface area (Å²) >= 11 is 0. The monoisotopic (exact) mass is 375 g/mol. The summed E-state index contributed by atoms with van der Waals surface area (Å²) in [5.74, 6) is -0.396. The van der Waals surface area contributed by atoms with Gasteiger partial charge in [0.2, 0.25) is 5.91 Å². The molecule has 3 heterocycles. The number of hydrogen-bond acceptors (Lipinski definition) is 5. The first kappa shape index (κ1) is 17.7. The third-order valence-electron chi connectivity index (χ3n) is 4.68. The Labute approximate surface area is 161 Å². The molecule has 0 unspecified atom stereocenters. The van der Waals surface area contributed by atoms with Gasteiger partial charge in [-0.25, -0.2) is 4.98 Å². The Hall–Kier alpha value is -3.74. The normalized spacial score (nSPS) is 14.1. The number of carbonyl (C=O) groups excluding carboxylic acids is 3. The molecule has 0 radical (unpaired) electrons. The van der Waals surface area contributed by atoms with Crippen LogP contribution in [0.2, 0.25) is 0 Å². The fourth-order valence-electron chi connectivity index (χ4n) is 3.29. The molecule has 4 rings (SSSR count). The van der Waals surface area contributed by atoms with E-state index in [1.54, 1.807) is 67.7 Å². The van der Waals surface area contributed by atoms with Crippen molar-refractivity contribution in [2.75, 3.05) is 11.4 Å². The zero-order valence-corrected chi connectivity index (χ0v) is 15.1. The van der Waals surface area contributed by atoms with Gasteiger partial charge < -0.3 is 4.42 Å². The molecule has 0 aliphatic carbocycles. The molecule has 1 aromatic carbocycles. The smallest absolute Gasteiger partial charge is 0.262 e. The number of pyridine rings is 1. The average Bonchev–Trinajstić information content (AvgIpc) is 3.33. The van der Waals surface area contributed by atoms with Crippen molar-refractivity contribution in [2.45, 2.75) is 13.0 Å². The molecule has 0 N–H and O–H groups in total. The molecule has 0 spiro atoms. The Morgan fingerprint density at radius 3 is 2.29 bits per heavy atom. The molecular weight excluding hydrogens is 358 g/mol. The number of nitrogens with zero attached hydrogens (tertiary/aromatic N) is 3. The van der Waals surface area contributed by atoms with E-state index in [9.17, 15) is 14.4 Å². The second-order valence-electron chi connectivity index (χ2n) is 6.39. The number of aromatic nitrogens is 1. The molecule has 7 heteroatoms. The lowest BCUT2D eigenvalue weighted by Gasteiger charge is -2.28. The Morgan fingerprint density at radius 2 is 1.71 bits per heavy atom. The molecule has 1 aliphatic heterocycles. The molecule has 0 saturated heterocycles. The standard InChI is InChI=1S/C21H17N3O4/c1-14(17-9-6-12-28-17)24(18-10-4-5-11-22-18)19(25)13-23-20(26)15-7-2-3-8-16(15)21(23)27/h2-12,14H,13H2,1H3/t14-/m1/s1. The van der Waals surface area contributed by atoms with Gasteiger partial charge in [-0.2, -0.15) is 0 Å². The minimum Gasteiger partial charge on any atom is -0.467 e. The number of fused-ring (bicyclic) bond motifs is 1. The lowest BCUT2D eigenvalue weighted by molar-refractivity contribution is -0.119. The van der Waals surface area contributed by atoms with Crippen molar-refractivity contribution in [3.63, 3.8) is 0 Å². The lowest BCUT2D eigenvalue weighted by atomic mass is 10.1. The van der Waals surface area contributed by atoms with E-state index in [-0.39, 0.29) is 6.54 Å². The highest BCUT2D eigenvalue weighted by molar-refractivity contribution is 6.22. The van der Waals surface area contributed by atoms with Gasteiger partial charge in [-0.15, -0.1) is 0 Å². The van der Waals surface area contributed by atoms with E-state index < -0.39 is 23.8 Å². The maximum Gasteiger partial charge on any atom is 0.262 e. The summed E-state index contributed by atoms with van der Waals surface area (Å²) in [6.45, 7) is 1.42. The second kappa shape index (κ2) is 7.11. The molecule has 0 bridgehead atoms. The molecule has 0 fully saturated rings. The van der Waals surface area contributed by atoms with E-state index in [0.717, 1.165) is 4.90 Å². The van der Waals surface area contributed by atoms with Crippen LogP contribution in [0.25, 0.3) is 0 Å². The van der Waals surface area contributed by atoms with Crippen LogP contribution < -0.4 is 4.90 Å². The van der Waals surface area contributed by atoms with Gasteiger partial charge in [-0.1, -0.05) is 18.2 Å². The molecule has 140 valence electrons. The van der Waals surface area contributed by atoms with Crippen molar-refractivity contribution in [3.05, 3.63) is 83.9 Å². The molecule has 1 aliphatic rings. The van der Waals surface area contributed by atoms with Gasteiger partial charge in [0.05, 0.1) is 23.4 Å². The predicted octanol–water partition coefficient (Wildman–Crippen LogP) is 3.07. The summed E-state index contributed by atoms with van der Waals surface area (Å²) in [5.41, 5.74) is 0.618. The van der Waals surface area contributed by atoms with Crippen LogP contribution in [0.15, 0.2) is 71.5 Å². The Morgan fingerprint density at radius 1 is 1.04 bits per heavy atom. The van der Waals surface area contributed by atoms with Gasteiger partial charge in [0.25, 0.3) is 11.8 Å². The quantitative estimate of drug-likeness (QED) is 0.640. The number of furan rings is 1. The first-order valence-electron chi connectivity index (χ1n) is 8.79. The largest absolute Gasteiger partial charge is 0.467 e. The number of carbonyl (C=O) groups is 3. The summed E-state index contributed by atoms with van der Waals surface area (Å²) in [6, 6.07) is 14.8. The summed E-state index contributed by atoms with van der Waals surface area (Å²) in [4.78, 5) is 45.0. The molecule has 3 amide bonds. The maximum atomic E-state index is 13.2. The van der Waals surface area contributed by atoms with Crippen LogP contribution in [0, 0.1) is 0 Å². The van der Waals surface area contributed by atoms with Crippen molar-refractivity contribution in [2.24, 2.45) is 0 Å². The average molecular weight is 375 g/mol. The fraction of sp³-hybridized carbons (Fsp3) is 0.143. The van der Waals surface area contributed by atoms with E-state index in [1.807, 2.05) is 0 Å². The van der Waals surface area contributed by atoms with Crippen molar-refractivity contribution in [1.82, 2.24) is 9.88 Å². The van der Waals surface area contributed by atoms with Crippen molar-refractivity contribution in [3.8, 4) is 0 Å². The highest BCUT2D eigenvalue weighted by Crippen LogP contribution is 2.27. The first-order valence-corrected chi connectivity index (χ1v) is 8.79. The third kappa shape index (κ3) is 2.96. The molecule has 0 saturated carbocycles. The summed E-state index contributed by atoms with van der Waals surface area (Å²) < 4.78 is 5.44. The van der Waals surface area contributed by atoms with Gasteiger partial charge in [0.1, 0.15) is 18.1 Å². The summed E-state index contributed by atoms with van der Waals surface area (Å²) in [7, 11) is 0. The zero-order valence-electron chi connectivity index (χ0n) is 15.1. The predicted molar refractivity (Wildman–Crippen MR) is 101 cm³/mol. The van der Waals surface area contributed by atoms with Crippen LogP contribution in [0.5, 0.6) is 0 Å². The minimum absolute atomic E-state index is 0.309.